The zero-order valence-electron chi connectivity index (χ0n) is 8.03. The summed E-state index contributed by atoms with van der Waals surface area (Å²) in [5, 5.41) is 10.0. The Labute approximate surface area is 87.1 Å². The van der Waals surface area contributed by atoms with Crippen LogP contribution in [0.4, 0.5) is 5.69 Å². The highest BCUT2D eigenvalue weighted by Crippen LogP contribution is 2.06. The van der Waals surface area contributed by atoms with Crippen LogP contribution in [0.2, 0.25) is 0 Å². The molecule has 0 unspecified atom stereocenters. The third-order valence-corrected chi connectivity index (χ3v) is 0.967. The zero-order valence-corrected chi connectivity index (χ0v) is 9.61. The van der Waals surface area contributed by atoms with E-state index >= 15 is 0 Å². The molecule has 0 saturated heterocycles. The highest BCUT2D eigenvalue weighted by Gasteiger charge is 1.98. The number of rotatable bonds is 1. The van der Waals surface area contributed by atoms with Gasteiger partial charge in [-0.05, 0) is 5.83 Å². The number of alkyl halides is 1. The summed E-state index contributed by atoms with van der Waals surface area (Å²) >= 11 is 2.94. The van der Waals surface area contributed by atoms with Crippen molar-refractivity contribution in [3.63, 3.8) is 0 Å². The van der Waals surface area contributed by atoms with Crippen molar-refractivity contribution in [2.24, 2.45) is 0 Å². The Morgan fingerprint density at radius 1 is 1.15 bits per heavy atom. The van der Waals surface area contributed by atoms with Crippen molar-refractivity contribution >= 4 is 21.6 Å². The molecule has 0 aromatic heterocycles. The van der Waals surface area contributed by atoms with E-state index in [9.17, 15) is 10.1 Å². The van der Waals surface area contributed by atoms with Gasteiger partial charge in [0.05, 0.1) is 4.92 Å². The summed E-state index contributed by atoms with van der Waals surface area (Å²) < 4.78 is 0. The van der Waals surface area contributed by atoms with E-state index in [1.54, 1.807) is 18.2 Å². The highest BCUT2D eigenvalue weighted by atomic mass is 79.9. The van der Waals surface area contributed by atoms with E-state index in [0.717, 1.165) is 0 Å². The van der Waals surface area contributed by atoms with Gasteiger partial charge in [-0.15, -0.1) is 0 Å². The van der Waals surface area contributed by atoms with E-state index in [0.29, 0.717) is 0 Å². The average molecular weight is 248 g/mol. The van der Waals surface area contributed by atoms with Crippen molar-refractivity contribution in [1.82, 2.24) is 0 Å². The normalized spacial score (nSPS) is 7.08. The molecule has 0 fully saturated rings. The molecule has 0 N–H and O–H groups in total. The summed E-state index contributed by atoms with van der Waals surface area (Å²) in [6.45, 7) is 4.00. The first-order chi connectivity index (χ1) is 6.30. The van der Waals surface area contributed by atoms with Gasteiger partial charge in [-0.3, -0.25) is 10.1 Å². The Morgan fingerprint density at radius 2 is 1.54 bits per heavy atom. The van der Waals surface area contributed by atoms with Crippen molar-refractivity contribution in [3.8, 4) is 0 Å². The third kappa shape index (κ3) is 7.46. The first-order valence-corrected chi connectivity index (χ1v) is 5.46. The van der Waals surface area contributed by atoms with Gasteiger partial charge in [-0.25, -0.2) is 0 Å². The molecule has 1 rings (SSSR count). The lowest BCUT2D eigenvalue weighted by molar-refractivity contribution is -0.384. The van der Waals surface area contributed by atoms with Gasteiger partial charge in [-0.2, -0.15) is 0 Å². The van der Waals surface area contributed by atoms with Crippen LogP contribution in [0.3, 0.4) is 0 Å². The molecule has 0 aliphatic heterocycles. The van der Waals surface area contributed by atoms with Crippen LogP contribution in [-0.4, -0.2) is 10.8 Å². The summed E-state index contributed by atoms with van der Waals surface area (Å²) in [6.07, 6.45) is 0. The van der Waals surface area contributed by atoms with Crippen molar-refractivity contribution in [3.05, 3.63) is 40.4 Å². The molecule has 13 heavy (non-hydrogen) atoms. The standard InChI is InChI=1S/C6H5NO2.C2H6.CH3Br/c8-7(9)6-4-2-1-3-5-6;2*1-2/h1-5H;1-2H3;1H3. The minimum Gasteiger partial charge on any atom is -0.258 e. The first kappa shape index (κ1) is 14.6. The van der Waals surface area contributed by atoms with Gasteiger partial charge in [0.2, 0.25) is 0 Å². The molecule has 0 amide bonds. The fourth-order valence-corrected chi connectivity index (χ4v) is 0.550. The Balaban J connectivity index is 0. The van der Waals surface area contributed by atoms with Crippen LogP contribution in [0.5, 0.6) is 0 Å². The maximum Gasteiger partial charge on any atom is 0.269 e. The van der Waals surface area contributed by atoms with Gasteiger partial charge >= 0.3 is 0 Å². The van der Waals surface area contributed by atoms with Crippen LogP contribution < -0.4 is 0 Å². The second-order valence-corrected chi connectivity index (χ2v) is 1.59. The molecule has 0 aliphatic carbocycles. The molecule has 0 heterocycles. The minimum atomic E-state index is -0.417. The van der Waals surface area contributed by atoms with Crippen LogP contribution in [-0.2, 0) is 0 Å². The molecular weight excluding hydrogens is 234 g/mol. The average Bonchev–Trinajstić information content (AvgIpc) is 2.25. The second kappa shape index (κ2) is 11.1. The lowest BCUT2D eigenvalue weighted by Crippen LogP contribution is -1.84. The van der Waals surface area contributed by atoms with Gasteiger partial charge in [0.1, 0.15) is 0 Å². The van der Waals surface area contributed by atoms with E-state index in [-0.39, 0.29) is 5.69 Å². The monoisotopic (exact) mass is 247 g/mol. The SMILES string of the molecule is CBr.CC.O=[N+]([O-])c1ccccc1. The van der Waals surface area contributed by atoms with Gasteiger partial charge in [0.15, 0.2) is 0 Å². The molecule has 0 radical (unpaired) electrons. The smallest absolute Gasteiger partial charge is 0.258 e. The van der Waals surface area contributed by atoms with Gasteiger partial charge in [0.25, 0.3) is 5.69 Å². The van der Waals surface area contributed by atoms with Gasteiger partial charge in [-0.1, -0.05) is 48.0 Å². The Morgan fingerprint density at radius 3 is 1.77 bits per heavy atom. The van der Waals surface area contributed by atoms with Crippen LogP contribution in [0, 0.1) is 10.1 Å². The maximum absolute atomic E-state index is 10.0. The van der Waals surface area contributed by atoms with Crippen LogP contribution >= 0.6 is 15.9 Å². The molecule has 0 spiro atoms. The van der Waals surface area contributed by atoms with Crippen molar-refractivity contribution < 1.29 is 4.92 Å². The van der Waals surface area contributed by atoms with Gasteiger partial charge in [0, 0.05) is 12.1 Å². The zero-order chi connectivity index (χ0) is 10.7. The Hall–Kier alpha value is -0.900. The molecule has 1 aromatic carbocycles. The lowest BCUT2D eigenvalue weighted by Gasteiger charge is -1.85. The molecule has 1 aromatic rings. The number of nitro benzene ring substituents is 1. The van der Waals surface area contributed by atoms with E-state index in [1.807, 2.05) is 19.7 Å². The predicted octanol–water partition coefficient (Wildman–Crippen LogP) is 3.63. The topological polar surface area (TPSA) is 43.1 Å². The summed E-state index contributed by atoms with van der Waals surface area (Å²) in [7, 11) is 0. The largest absolute Gasteiger partial charge is 0.269 e. The molecule has 74 valence electrons. The fourth-order valence-electron chi connectivity index (χ4n) is 0.550. The number of nitrogens with zero attached hydrogens (tertiary/aromatic N) is 1. The number of nitro groups is 1. The second-order valence-electron chi connectivity index (χ2n) is 1.59. The quantitative estimate of drug-likeness (QED) is 0.432. The fraction of sp³-hybridized carbons (Fsp3) is 0.333. The van der Waals surface area contributed by atoms with Crippen LogP contribution in [0.1, 0.15) is 13.8 Å². The molecule has 0 saturated carbocycles. The van der Waals surface area contributed by atoms with Crippen LogP contribution in [0.25, 0.3) is 0 Å². The van der Waals surface area contributed by atoms with E-state index in [4.69, 9.17) is 0 Å². The number of benzene rings is 1. The Bertz CT molecular complexity index is 214. The van der Waals surface area contributed by atoms with E-state index < -0.39 is 4.92 Å². The number of hydrogen-bond donors (Lipinski definition) is 0. The molecule has 0 atom stereocenters. The van der Waals surface area contributed by atoms with Gasteiger partial charge < -0.3 is 0 Å². The number of hydrogen-bond acceptors (Lipinski definition) is 2. The molecule has 4 heteroatoms. The maximum atomic E-state index is 10.0. The number of halogens is 1. The van der Waals surface area contributed by atoms with Crippen molar-refractivity contribution in [2.75, 3.05) is 5.83 Å². The van der Waals surface area contributed by atoms with Crippen molar-refractivity contribution in [2.45, 2.75) is 13.8 Å². The van der Waals surface area contributed by atoms with E-state index in [1.165, 1.54) is 12.1 Å². The Kier molecular flexibility index (Phi) is 12.5. The summed E-state index contributed by atoms with van der Waals surface area (Å²) in [5.41, 5.74) is 0.137. The summed E-state index contributed by atoms with van der Waals surface area (Å²) in [6, 6.07) is 7.93. The summed E-state index contributed by atoms with van der Waals surface area (Å²) in [5.74, 6) is 1.81. The molecule has 0 aliphatic rings. The first-order valence-electron chi connectivity index (χ1n) is 3.88. The minimum absolute atomic E-state index is 0.137. The molecule has 3 nitrogen and oxygen atoms in total. The summed E-state index contributed by atoms with van der Waals surface area (Å²) in [4.78, 5) is 9.59. The van der Waals surface area contributed by atoms with Crippen LogP contribution in [0.15, 0.2) is 30.3 Å². The van der Waals surface area contributed by atoms with E-state index in [2.05, 4.69) is 15.9 Å². The molecular formula is C9H14BrNO2. The van der Waals surface area contributed by atoms with Crippen molar-refractivity contribution in [1.29, 1.82) is 0 Å². The molecule has 0 bridgehead atoms. The highest BCUT2D eigenvalue weighted by molar-refractivity contribution is 9.08. The number of non-ortho nitro benzene ring substituents is 1. The number of para-hydroxylation sites is 1. The predicted molar refractivity (Wildman–Crippen MR) is 59.3 cm³/mol. The lowest BCUT2D eigenvalue weighted by atomic mass is 10.3. The third-order valence-electron chi connectivity index (χ3n) is 0.967.